The number of nitrogens with one attached hydrogen (secondary N) is 2. The highest BCUT2D eigenvalue weighted by atomic mass is 16.2. The molecule has 38 heavy (non-hydrogen) atoms. The summed E-state index contributed by atoms with van der Waals surface area (Å²) in [5.41, 5.74) is 8.20. The molecule has 1 aromatic heterocycles. The molecule has 1 aliphatic heterocycles. The predicted octanol–water partition coefficient (Wildman–Crippen LogP) is 6.41. The van der Waals surface area contributed by atoms with Crippen LogP contribution in [0.25, 0.3) is 0 Å². The number of aromatic amines is 1. The molecule has 2 atom stereocenters. The zero-order chi connectivity index (χ0) is 26.7. The highest BCUT2D eigenvalue weighted by Gasteiger charge is 2.34. The molecule has 2 N–H and O–H groups in total. The highest BCUT2D eigenvalue weighted by molar-refractivity contribution is 5.83. The summed E-state index contributed by atoms with van der Waals surface area (Å²) in [6.07, 6.45) is 3.30. The van der Waals surface area contributed by atoms with Gasteiger partial charge in [-0.05, 0) is 47.1 Å². The number of aryl methyl sites for hydroxylation is 1. The quantitative estimate of drug-likeness (QED) is 0.305. The van der Waals surface area contributed by atoms with Crippen molar-refractivity contribution in [3.8, 4) is 0 Å². The Hall–Kier alpha value is -3.86. The molecule has 5 rings (SSSR count). The van der Waals surface area contributed by atoms with Crippen molar-refractivity contribution in [2.45, 2.75) is 64.5 Å². The SMILES string of the molecule is Cc1nc[nH]c1CC(C(Cc1ccc(C(C)(C)C)cc1)c1ccccc1)N1Cc2ccccc2NCC1=O. The van der Waals surface area contributed by atoms with Crippen LogP contribution in [0.5, 0.6) is 0 Å². The maximum Gasteiger partial charge on any atom is 0.242 e. The molecule has 0 saturated carbocycles. The minimum absolute atomic E-state index is 0.0562. The Morgan fingerprint density at radius 3 is 2.32 bits per heavy atom. The minimum Gasteiger partial charge on any atom is -0.376 e. The first kappa shape index (κ1) is 25.8. The maximum atomic E-state index is 13.7. The number of fused-ring (bicyclic) bond motifs is 1. The van der Waals surface area contributed by atoms with Crippen LogP contribution in [0.2, 0.25) is 0 Å². The molecular formula is C33H38N4O. The molecule has 1 aliphatic rings. The zero-order valence-corrected chi connectivity index (χ0v) is 22.9. The van der Waals surface area contributed by atoms with Crippen LogP contribution in [0.15, 0.2) is 85.2 Å². The number of amides is 1. The van der Waals surface area contributed by atoms with Gasteiger partial charge in [-0.3, -0.25) is 4.79 Å². The van der Waals surface area contributed by atoms with E-state index >= 15 is 0 Å². The Morgan fingerprint density at radius 2 is 1.63 bits per heavy atom. The van der Waals surface area contributed by atoms with Gasteiger partial charge in [-0.1, -0.05) is 93.6 Å². The van der Waals surface area contributed by atoms with Gasteiger partial charge in [0, 0.05) is 36.3 Å². The summed E-state index contributed by atoms with van der Waals surface area (Å²) < 4.78 is 0. The van der Waals surface area contributed by atoms with Crippen molar-refractivity contribution in [2.75, 3.05) is 11.9 Å². The van der Waals surface area contributed by atoms with E-state index < -0.39 is 0 Å². The fourth-order valence-electron chi connectivity index (χ4n) is 5.52. The third-order valence-electron chi connectivity index (χ3n) is 7.82. The van der Waals surface area contributed by atoms with Gasteiger partial charge in [0.25, 0.3) is 0 Å². The van der Waals surface area contributed by atoms with E-state index in [1.807, 2.05) is 19.1 Å². The molecule has 2 unspecified atom stereocenters. The number of benzene rings is 3. The molecule has 2 heterocycles. The van der Waals surface area contributed by atoms with Gasteiger partial charge in [-0.15, -0.1) is 0 Å². The molecule has 3 aromatic carbocycles. The topological polar surface area (TPSA) is 61.0 Å². The Bertz CT molecular complexity index is 1370. The van der Waals surface area contributed by atoms with Gasteiger partial charge >= 0.3 is 0 Å². The largest absolute Gasteiger partial charge is 0.376 e. The normalized spacial score (nSPS) is 15.4. The van der Waals surface area contributed by atoms with Crippen LogP contribution in [-0.4, -0.2) is 33.4 Å². The smallest absolute Gasteiger partial charge is 0.242 e. The molecule has 4 aromatic rings. The van der Waals surface area contributed by atoms with E-state index in [0.29, 0.717) is 13.0 Å². The van der Waals surface area contributed by atoms with Crippen LogP contribution in [0.4, 0.5) is 5.69 Å². The van der Waals surface area contributed by atoms with Crippen molar-refractivity contribution < 1.29 is 4.79 Å². The van der Waals surface area contributed by atoms with Gasteiger partial charge in [0.2, 0.25) is 5.91 Å². The minimum atomic E-state index is -0.0562. The number of hydrogen-bond donors (Lipinski definition) is 2. The summed E-state index contributed by atoms with van der Waals surface area (Å²) in [4.78, 5) is 23.6. The van der Waals surface area contributed by atoms with E-state index in [1.165, 1.54) is 16.7 Å². The van der Waals surface area contributed by atoms with Crippen LogP contribution >= 0.6 is 0 Å². The lowest BCUT2D eigenvalue weighted by Crippen LogP contribution is -2.46. The first-order valence-electron chi connectivity index (χ1n) is 13.5. The van der Waals surface area contributed by atoms with Crippen molar-refractivity contribution in [2.24, 2.45) is 0 Å². The summed E-state index contributed by atoms with van der Waals surface area (Å²) in [5, 5.41) is 3.37. The number of carbonyl (C=O) groups excluding carboxylic acids is 1. The zero-order valence-electron chi connectivity index (χ0n) is 22.9. The number of rotatable bonds is 7. The standard InChI is InChI=1S/C33H38N4O/c1-23-30(36-22-35-23)19-31(37-21-26-12-8-9-13-29(26)34-20-32(37)38)28(25-10-6-5-7-11-25)18-24-14-16-27(17-15-24)33(2,3)4/h5-17,22,28,31,34H,18-21H2,1-4H3,(H,35,36). The molecule has 0 aliphatic carbocycles. The van der Waals surface area contributed by atoms with E-state index in [9.17, 15) is 4.79 Å². The van der Waals surface area contributed by atoms with E-state index in [-0.39, 0.29) is 29.8 Å². The molecule has 0 bridgehead atoms. The highest BCUT2D eigenvalue weighted by Crippen LogP contribution is 2.34. The van der Waals surface area contributed by atoms with Gasteiger partial charge in [0.15, 0.2) is 0 Å². The monoisotopic (exact) mass is 506 g/mol. The molecule has 5 heteroatoms. The summed E-state index contributed by atoms with van der Waals surface area (Å²) in [6.45, 7) is 9.63. The van der Waals surface area contributed by atoms with Gasteiger partial charge in [0.1, 0.15) is 0 Å². The van der Waals surface area contributed by atoms with Gasteiger partial charge in [0.05, 0.1) is 18.6 Å². The second-order valence-electron chi connectivity index (χ2n) is 11.4. The Balaban J connectivity index is 1.57. The third-order valence-corrected chi connectivity index (χ3v) is 7.82. The van der Waals surface area contributed by atoms with Crippen LogP contribution < -0.4 is 5.32 Å². The van der Waals surface area contributed by atoms with E-state index in [0.717, 1.165) is 29.1 Å². The molecule has 5 nitrogen and oxygen atoms in total. The summed E-state index contributed by atoms with van der Waals surface area (Å²) in [5.74, 6) is 0.223. The Kier molecular flexibility index (Phi) is 7.37. The lowest BCUT2D eigenvalue weighted by atomic mass is 9.81. The molecule has 0 fully saturated rings. The lowest BCUT2D eigenvalue weighted by Gasteiger charge is -2.37. The van der Waals surface area contributed by atoms with E-state index in [4.69, 9.17) is 0 Å². The number of para-hydroxylation sites is 1. The number of aromatic nitrogens is 2. The number of carbonyl (C=O) groups is 1. The number of anilines is 1. The number of nitrogens with zero attached hydrogens (tertiary/aromatic N) is 2. The van der Waals surface area contributed by atoms with Crippen LogP contribution in [-0.2, 0) is 29.6 Å². The summed E-state index contributed by atoms with van der Waals surface area (Å²) >= 11 is 0. The number of hydrogen-bond acceptors (Lipinski definition) is 3. The number of H-pyrrole nitrogens is 1. The number of imidazole rings is 1. The molecule has 196 valence electrons. The van der Waals surface area contributed by atoms with E-state index in [2.05, 4.69) is 108 Å². The molecule has 1 amide bonds. The second kappa shape index (κ2) is 10.9. The molecule has 0 saturated heterocycles. The maximum absolute atomic E-state index is 13.7. The fourth-order valence-corrected chi connectivity index (χ4v) is 5.52. The van der Waals surface area contributed by atoms with Gasteiger partial charge in [-0.25, -0.2) is 4.98 Å². The van der Waals surface area contributed by atoms with Gasteiger partial charge in [-0.2, -0.15) is 0 Å². The average Bonchev–Trinajstić information content (AvgIpc) is 3.24. The van der Waals surface area contributed by atoms with Crippen LogP contribution in [0, 0.1) is 6.92 Å². The molecular weight excluding hydrogens is 468 g/mol. The predicted molar refractivity (Wildman–Crippen MR) is 154 cm³/mol. The third kappa shape index (κ3) is 5.67. The average molecular weight is 507 g/mol. The Labute approximate surface area is 226 Å². The first-order valence-corrected chi connectivity index (χ1v) is 13.5. The van der Waals surface area contributed by atoms with E-state index in [1.54, 1.807) is 6.33 Å². The summed E-state index contributed by atoms with van der Waals surface area (Å²) in [6, 6.07) is 27.9. The Morgan fingerprint density at radius 1 is 0.921 bits per heavy atom. The second-order valence-corrected chi connectivity index (χ2v) is 11.4. The molecule has 0 spiro atoms. The fraction of sp³-hybridized carbons (Fsp3) is 0.333. The summed E-state index contributed by atoms with van der Waals surface area (Å²) in [7, 11) is 0. The first-order chi connectivity index (χ1) is 18.3. The van der Waals surface area contributed by atoms with Crippen LogP contribution in [0.1, 0.15) is 60.3 Å². The van der Waals surface area contributed by atoms with Crippen molar-refractivity contribution >= 4 is 11.6 Å². The van der Waals surface area contributed by atoms with Crippen LogP contribution in [0.3, 0.4) is 0 Å². The molecule has 0 radical (unpaired) electrons. The van der Waals surface area contributed by atoms with Crippen molar-refractivity contribution in [3.63, 3.8) is 0 Å². The van der Waals surface area contributed by atoms with Gasteiger partial charge < -0.3 is 15.2 Å². The lowest BCUT2D eigenvalue weighted by molar-refractivity contribution is -0.132. The van der Waals surface area contributed by atoms with Crippen molar-refractivity contribution in [3.05, 3.63) is 119 Å². The van der Waals surface area contributed by atoms with Crippen molar-refractivity contribution in [1.82, 2.24) is 14.9 Å². The van der Waals surface area contributed by atoms with Crippen molar-refractivity contribution in [1.29, 1.82) is 0 Å².